The molecule has 1 N–H and O–H groups in total. The first-order valence-electron chi connectivity index (χ1n) is 12.1. The zero-order valence-corrected chi connectivity index (χ0v) is 22.3. The Bertz CT molecular complexity index is 1320. The van der Waals surface area contributed by atoms with E-state index in [1.807, 2.05) is 13.8 Å². The number of likely N-dealkylation sites (tertiary alicyclic amines) is 1. The number of carbonyl (C=O) groups is 2. The summed E-state index contributed by atoms with van der Waals surface area (Å²) in [6.45, 7) is 5.78. The number of benzene rings is 2. The number of carbonyl (C=O) groups excluding carboxylic acids is 2. The molecule has 4 rings (SSSR count). The van der Waals surface area contributed by atoms with E-state index in [2.05, 4.69) is 5.32 Å². The number of nitrogens with zero attached hydrogens (tertiary/aromatic N) is 1. The maximum Gasteiger partial charge on any atom is 0.254 e. The second kappa shape index (κ2) is 10.7. The standard InChI is InChI=1S/C26H29ClF2N2O5S/c1-4-37(34,35)18-7-5-6-16(9-18)26(33)31-15(3)14(2)8-23(31)25(32)30-24(17-12-36-13-17)19-10-22(29)20(27)11-21(19)28/h5-7,9-11,14-15,17,23-24H,4,8,12-13H2,1-3H3,(H,30,32)/t14-,15-,23-,24?/m1/s1. The van der Waals surface area contributed by atoms with Gasteiger partial charge in [0.25, 0.3) is 5.91 Å². The summed E-state index contributed by atoms with van der Waals surface area (Å²) in [5.74, 6) is -2.96. The Morgan fingerprint density at radius 3 is 2.49 bits per heavy atom. The Morgan fingerprint density at radius 1 is 1.16 bits per heavy atom. The van der Waals surface area contributed by atoms with Crippen LogP contribution >= 0.6 is 11.6 Å². The van der Waals surface area contributed by atoms with Gasteiger partial charge in [0.05, 0.1) is 34.9 Å². The quantitative estimate of drug-likeness (QED) is 0.519. The van der Waals surface area contributed by atoms with E-state index < -0.39 is 45.4 Å². The summed E-state index contributed by atoms with van der Waals surface area (Å²) in [6, 6.07) is 5.54. The van der Waals surface area contributed by atoms with Crippen LogP contribution in [0.1, 0.15) is 49.2 Å². The van der Waals surface area contributed by atoms with Gasteiger partial charge in [0, 0.05) is 23.1 Å². The predicted molar refractivity (Wildman–Crippen MR) is 134 cm³/mol. The molecule has 2 aliphatic heterocycles. The Kier molecular flexibility index (Phi) is 7.92. The molecule has 4 atom stereocenters. The van der Waals surface area contributed by atoms with Crippen molar-refractivity contribution in [2.45, 2.75) is 50.2 Å². The summed E-state index contributed by atoms with van der Waals surface area (Å²) in [5, 5.41) is 2.47. The van der Waals surface area contributed by atoms with E-state index in [0.29, 0.717) is 6.42 Å². The molecule has 37 heavy (non-hydrogen) atoms. The van der Waals surface area contributed by atoms with Gasteiger partial charge in [-0.2, -0.15) is 0 Å². The zero-order chi connectivity index (χ0) is 27.1. The third kappa shape index (κ3) is 5.37. The topological polar surface area (TPSA) is 92.8 Å². The lowest BCUT2D eigenvalue weighted by molar-refractivity contribution is -0.128. The molecule has 0 bridgehead atoms. The van der Waals surface area contributed by atoms with Gasteiger partial charge in [-0.1, -0.05) is 31.5 Å². The molecule has 0 radical (unpaired) electrons. The highest BCUT2D eigenvalue weighted by Crippen LogP contribution is 2.35. The van der Waals surface area contributed by atoms with Crippen molar-refractivity contribution in [2.75, 3.05) is 19.0 Å². The largest absolute Gasteiger partial charge is 0.381 e. The first-order chi connectivity index (χ1) is 17.4. The van der Waals surface area contributed by atoms with Crippen LogP contribution in [0.4, 0.5) is 8.78 Å². The SMILES string of the molecule is CCS(=O)(=O)c1cccc(C(=O)N2[C@@H](C(=O)NC(c3cc(F)c(Cl)cc3F)C3COC3)C[C@@H](C)[C@H]2C)c1. The average molecular weight is 555 g/mol. The first-order valence-corrected chi connectivity index (χ1v) is 14.2. The fourth-order valence-corrected chi connectivity index (χ4v) is 5.92. The summed E-state index contributed by atoms with van der Waals surface area (Å²) >= 11 is 5.71. The van der Waals surface area contributed by atoms with Crippen LogP contribution in [0.2, 0.25) is 5.02 Å². The van der Waals surface area contributed by atoms with Crippen LogP contribution in [0, 0.1) is 23.5 Å². The number of amides is 2. The summed E-state index contributed by atoms with van der Waals surface area (Å²) < 4.78 is 58.9. The van der Waals surface area contributed by atoms with E-state index in [0.717, 1.165) is 12.1 Å². The van der Waals surface area contributed by atoms with Crippen LogP contribution in [-0.2, 0) is 19.4 Å². The van der Waals surface area contributed by atoms with Crippen molar-refractivity contribution in [2.24, 2.45) is 11.8 Å². The van der Waals surface area contributed by atoms with Gasteiger partial charge in [-0.3, -0.25) is 9.59 Å². The van der Waals surface area contributed by atoms with Crippen molar-refractivity contribution in [3.63, 3.8) is 0 Å². The van der Waals surface area contributed by atoms with Crippen LogP contribution in [0.15, 0.2) is 41.3 Å². The molecule has 2 saturated heterocycles. The molecule has 2 amide bonds. The van der Waals surface area contributed by atoms with Crippen molar-refractivity contribution in [3.05, 3.63) is 64.2 Å². The molecular weight excluding hydrogens is 526 g/mol. The highest BCUT2D eigenvalue weighted by atomic mass is 35.5. The number of rotatable bonds is 7. The van der Waals surface area contributed by atoms with Crippen molar-refractivity contribution < 1.29 is 31.5 Å². The second-order valence-corrected chi connectivity index (χ2v) is 12.4. The van der Waals surface area contributed by atoms with Gasteiger partial charge in [-0.25, -0.2) is 17.2 Å². The molecule has 2 aliphatic rings. The lowest BCUT2D eigenvalue weighted by Gasteiger charge is -2.36. The van der Waals surface area contributed by atoms with Gasteiger partial charge in [0.2, 0.25) is 5.91 Å². The van der Waals surface area contributed by atoms with Crippen LogP contribution in [0.25, 0.3) is 0 Å². The fourth-order valence-electron chi connectivity index (χ4n) is 4.84. The maximum absolute atomic E-state index is 14.8. The van der Waals surface area contributed by atoms with Crippen LogP contribution in [0.5, 0.6) is 0 Å². The minimum absolute atomic E-state index is 0.0301. The molecule has 1 unspecified atom stereocenters. The van der Waals surface area contributed by atoms with Crippen molar-refractivity contribution in [3.8, 4) is 0 Å². The molecule has 11 heteroatoms. The van der Waals surface area contributed by atoms with E-state index >= 15 is 0 Å². The number of ether oxygens (including phenoxy) is 1. The van der Waals surface area contributed by atoms with Crippen LogP contribution in [0.3, 0.4) is 0 Å². The van der Waals surface area contributed by atoms with Crippen molar-refractivity contribution in [1.82, 2.24) is 10.2 Å². The Hall–Kier alpha value is -2.56. The first kappa shape index (κ1) is 27.5. The molecule has 0 saturated carbocycles. The number of nitrogens with one attached hydrogen (secondary N) is 1. The minimum Gasteiger partial charge on any atom is -0.381 e. The summed E-state index contributed by atoms with van der Waals surface area (Å²) in [4.78, 5) is 28.6. The zero-order valence-electron chi connectivity index (χ0n) is 20.7. The lowest BCUT2D eigenvalue weighted by Crippen LogP contribution is -2.51. The number of halogens is 3. The molecule has 7 nitrogen and oxygen atoms in total. The molecule has 0 spiro atoms. The third-order valence-electron chi connectivity index (χ3n) is 7.36. The Labute approximate surface area is 220 Å². The predicted octanol–water partition coefficient (Wildman–Crippen LogP) is 4.15. The van der Waals surface area contributed by atoms with E-state index in [1.54, 1.807) is 0 Å². The lowest BCUT2D eigenvalue weighted by atomic mass is 9.90. The van der Waals surface area contributed by atoms with Gasteiger partial charge in [0.1, 0.15) is 17.7 Å². The molecule has 2 fully saturated rings. The molecule has 2 heterocycles. The normalized spacial score (nSPS) is 23.0. The van der Waals surface area contributed by atoms with Gasteiger partial charge in [0.15, 0.2) is 9.84 Å². The smallest absolute Gasteiger partial charge is 0.254 e. The number of hydrogen-bond acceptors (Lipinski definition) is 5. The highest BCUT2D eigenvalue weighted by molar-refractivity contribution is 7.91. The Morgan fingerprint density at radius 2 is 1.86 bits per heavy atom. The van der Waals surface area contributed by atoms with Gasteiger partial charge >= 0.3 is 0 Å². The molecule has 2 aromatic carbocycles. The maximum atomic E-state index is 14.8. The fraction of sp³-hybridized carbons (Fsp3) is 0.462. The molecular formula is C26H29ClF2N2O5S. The van der Waals surface area contributed by atoms with E-state index in [1.165, 1.54) is 36.1 Å². The molecule has 0 aromatic heterocycles. The molecule has 2 aromatic rings. The van der Waals surface area contributed by atoms with E-state index in [-0.39, 0.29) is 57.9 Å². The van der Waals surface area contributed by atoms with Gasteiger partial charge in [-0.05, 0) is 49.6 Å². The average Bonchev–Trinajstić information content (AvgIpc) is 3.13. The monoisotopic (exact) mass is 554 g/mol. The third-order valence-corrected chi connectivity index (χ3v) is 9.38. The minimum atomic E-state index is -3.53. The Balaban J connectivity index is 1.63. The summed E-state index contributed by atoms with van der Waals surface area (Å²) in [6.07, 6.45) is 0.358. The van der Waals surface area contributed by atoms with Gasteiger partial charge in [-0.15, -0.1) is 0 Å². The van der Waals surface area contributed by atoms with Gasteiger partial charge < -0.3 is 15.0 Å². The number of sulfone groups is 1. The van der Waals surface area contributed by atoms with Crippen molar-refractivity contribution >= 4 is 33.3 Å². The highest BCUT2D eigenvalue weighted by Gasteiger charge is 2.45. The summed E-state index contributed by atoms with van der Waals surface area (Å²) in [5.41, 5.74) is 0.112. The summed E-state index contributed by atoms with van der Waals surface area (Å²) in [7, 11) is -3.53. The molecule has 200 valence electrons. The van der Waals surface area contributed by atoms with E-state index in [9.17, 15) is 26.8 Å². The molecule has 0 aliphatic carbocycles. The van der Waals surface area contributed by atoms with Crippen molar-refractivity contribution in [1.29, 1.82) is 0 Å². The van der Waals surface area contributed by atoms with E-state index in [4.69, 9.17) is 16.3 Å². The van der Waals surface area contributed by atoms with Crippen LogP contribution < -0.4 is 5.32 Å². The second-order valence-electron chi connectivity index (χ2n) is 9.68. The van der Waals surface area contributed by atoms with Crippen LogP contribution in [-0.4, -0.2) is 56.2 Å². The number of hydrogen-bond donors (Lipinski definition) is 1.